The maximum absolute atomic E-state index is 9.51. The number of ether oxygens (including phenoxy) is 1. The van der Waals surface area contributed by atoms with Crippen molar-refractivity contribution in [2.75, 3.05) is 0 Å². The van der Waals surface area contributed by atoms with Crippen molar-refractivity contribution in [2.45, 2.75) is 63.7 Å². The second-order valence-corrected chi connectivity index (χ2v) is 8.78. The molecular formula is C29H29N3O. The molecule has 166 valence electrons. The smallest absolute Gasteiger partial charge is 0.158 e. The van der Waals surface area contributed by atoms with Gasteiger partial charge in [0.2, 0.25) is 0 Å². The minimum Gasteiger partial charge on any atom is -0.457 e. The molecule has 1 aromatic heterocycles. The molecule has 0 N–H and O–H groups in total. The maximum Gasteiger partial charge on any atom is 0.158 e. The van der Waals surface area contributed by atoms with Gasteiger partial charge in [0, 0.05) is 28.9 Å². The lowest BCUT2D eigenvalue weighted by Gasteiger charge is -2.41. The van der Waals surface area contributed by atoms with E-state index in [1.807, 2.05) is 36.7 Å². The van der Waals surface area contributed by atoms with Crippen molar-refractivity contribution >= 4 is 0 Å². The highest BCUT2D eigenvalue weighted by molar-refractivity contribution is 5.69. The van der Waals surface area contributed by atoms with Crippen molar-refractivity contribution in [1.82, 2.24) is 4.98 Å². The first-order chi connectivity index (χ1) is 16.2. The van der Waals surface area contributed by atoms with E-state index in [0.717, 1.165) is 72.3 Å². The summed E-state index contributed by atoms with van der Waals surface area (Å²) in [6.45, 7) is 4.44. The van der Waals surface area contributed by atoms with E-state index < -0.39 is 5.92 Å². The van der Waals surface area contributed by atoms with E-state index in [0.29, 0.717) is 0 Å². The summed E-state index contributed by atoms with van der Waals surface area (Å²) in [5, 5.41) is 19.0. The first-order valence-electron chi connectivity index (χ1n) is 11.8. The zero-order valence-corrected chi connectivity index (χ0v) is 19.3. The number of rotatable bonds is 8. The Morgan fingerprint density at radius 2 is 1.42 bits per heavy atom. The van der Waals surface area contributed by atoms with Gasteiger partial charge in [-0.3, -0.25) is 4.98 Å². The minimum atomic E-state index is -0.782. The van der Waals surface area contributed by atoms with Crippen molar-refractivity contribution < 1.29 is 4.74 Å². The summed E-state index contributed by atoms with van der Waals surface area (Å²) >= 11 is 0. The number of benzene rings is 2. The largest absolute Gasteiger partial charge is 0.457 e. The van der Waals surface area contributed by atoms with Crippen LogP contribution in [0.3, 0.4) is 0 Å². The van der Waals surface area contributed by atoms with Gasteiger partial charge >= 0.3 is 0 Å². The third-order valence-electron chi connectivity index (χ3n) is 6.75. The molecule has 4 heteroatoms. The van der Waals surface area contributed by atoms with Gasteiger partial charge < -0.3 is 4.74 Å². The molecular weight excluding hydrogens is 406 g/mol. The van der Waals surface area contributed by atoms with Crippen LogP contribution in [0.2, 0.25) is 0 Å². The van der Waals surface area contributed by atoms with Crippen LogP contribution in [0.4, 0.5) is 0 Å². The van der Waals surface area contributed by atoms with E-state index >= 15 is 0 Å². The van der Waals surface area contributed by atoms with Gasteiger partial charge in [0.25, 0.3) is 0 Å². The molecule has 2 heterocycles. The minimum absolute atomic E-state index is 0.219. The Hall–Kier alpha value is -3.63. The average molecular weight is 436 g/mol. The Morgan fingerprint density at radius 3 is 2.03 bits per heavy atom. The van der Waals surface area contributed by atoms with Crippen LogP contribution in [0.15, 0.2) is 60.9 Å². The monoisotopic (exact) mass is 435 g/mol. The number of nitriles is 2. The van der Waals surface area contributed by atoms with E-state index in [1.54, 1.807) is 0 Å². The summed E-state index contributed by atoms with van der Waals surface area (Å²) in [5.74, 6) is 0.956. The molecule has 0 radical (unpaired) electrons. The lowest BCUT2D eigenvalue weighted by molar-refractivity contribution is 0.343. The quantitative estimate of drug-likeness (QED) is 0.364. The van der Waals surface area contributed by atoms with Gasteiger partial charge in [-0.25, -0.2) is 0 Å². The molecule has 0 aliphatic carbocycles. The zero-order chi connectivity index (χ0) is 23.3. The van der Waals surface area contributed by atoms with Crippen molar-refractivity contribution in [3.8, 4) is 34.8 Å². The van der Waals surface area contributed by atoms with Crippen molar-refractivity contribution in [3.63, 3.8) is 0 Å². The summed E-state index contributed by atoms with van der Waals surface area (Å²) in [7, 11) is 0. The Balaban J connectivity index is 1.94. The van der Waals surface area contributed by atoms with Gasteiger partial charge in [-0.2, -0.15) is 10.5 Å². The summed E-state index contributed by atoms with van der Waals surface area (Å²) in [6.07, 6.45) is 10.0. The van der Waals surface area contributed by atoms with Crippen LogP contribution in [0.5, 0.6) is 11.5 Å². The number of fused-ring (bicyclic) bond motifs is 2. The van der Waals surface area contributed by atoms with Crippen LogP contribution in [0.1, 0.15) is 75.0 Å². The highest BCUT2D eigenvalue weighted by atomic mass is 16.5. The Bertz CT molecular complexity index is 1180. The lowest BCUT2D eigenvalue weighted by Crippen LogP contribution is -2.32. The van der Waals surface area contributed by atoms with Crippen molar-refractivity contribution in [3.05, 3.63) is 77.6 Å². The predicted molar refractivity (Wildman–Crippen MR) is 130 cm³/mol. The van der Waals surface area contributed by atoms with Gasteiger partial charge in [0.15, 0.2) is 5.92 Å². The van der Waals surface area contributed by atoms with Crippen LogP contribution < -0.4 is 4.74 Å². The van der Waals surface area contributed by atoms with Gasteiger partial charge in [0.05, 0.1) is 12.1 Å². The molecule has 0 saturated heterocycles. The molecule has 4 nitrogen and oxygen atoms in total. The Labute approximate surface area is 196 Å². The third-order valence-corrected chi connectivity index (χ3v) is 6.75. The van der Waals surface area contributed by atoms with Crippen LogP contribution in [-0.4, -0.2) is 4.98 Å². The number of aromatic nitrogens is 1. The highest BCUT2D eigenvalue weighted by Gasteiger charge is 2.41. The lowest BCUT2D eigenvalue weighted by atomic mass is 9.65. The number of pyridine rings is 1. The number of hydrogen-bond acceptors (Lipinski definition) is 4. The average Bonchev–Trinajstić information content (AvgIpc) is 2.87. The highest BCUT2D eigenvalue weighted by Crippen LogP contribution is 2.54. The van der Waals surface area contributed by atoms with E-state index in [1.165, 1.54) is 5.56 Å². The van der Waals surface area contributed by atoms with Gasteiger partial charge in [-0.1, -0.05) is 51.7 Å². The molecule has 0 bridgehead atoms. The van der Waals surface area contributed by atoms with Crippen LogP contribution >= 0.6 is 0 Å². The third kappa shape index (κ3) is 4.22. The second-order valence-electron chi connectivity index (χ2n) is 8.78. The summed E-state index contributed by atoms with van der Waals surface area (Å²) in [5.41, 5.74) is 5.10. The van der Waals surface area contributed by atoms with Gasteiger partial charge in [-0.05, 0) is 65.9 Å². The molecule has 2 aromatic carbocycles. The van der Waals surface area contributed by atoms with Gasteiger partial charge in [-0.15, -0.1) is 0 Å². The summed E-state index contributed by atoms with van der Waals surface area (Å²) in [4.78, 5) is 4.16. The molecule has 1 aliphatic heterocycles. The van der Waals surface area contributed by atoms with Crippen LogP contribution in [-0.2, 0) is 5.41 Å². The SMILES string of the molecule is CCCCC1(CCCC)c2cc(-c3ccncc3)ccc2Oc2ccc(C(C#N)C#N)cc21. The number of hydrogen-bond donors (Lipinski definition) is 0. The van der Waals surface area contributed by atoms with Gasteiger partial charge in [0.1, 0.15) is 11.5 Å². The molecule has 33 heavy (non-hydrogen) atoms. The fourth-order valence-electron chi connectivity index (χ4n) is 4.97. The number of unbranched alkanes of at least 4 members (excludes halogenated alkanes) is 2. The maximum atomic E-state index is 9.51. The standard InChI is InChI=1S/C29H29N3O/c1-3-5-13-29(14-6-4-2)25-17-22(21-11-15-32-16-12-21)7-9-27(25)33-28-10-8-23(18-26(28)29)24(19-30)20-31/h7-12,15-18,24H,3-6,13-14H2,1-2H3. The van der Waals surface area contributed by atoms with E-state index in [9.17, 15) is 10.5 Å². The molecule has 1 aliphatic rings. The molecule has 0 saturated carbocycles. The van der Waals surface area contributed by atoms with Crippen molar-refractivity contribution in [2.24, 2.45) is 0 Å². The first-order valence-corrected chi connectivity index (χ1v) is 11.8. The molecule has 0 unspecified atom stereocenters. The molecule has 4 rings (SSSR count). The molecule has 0 atom stereocenters. The molecule has 0 fully saturated rings. The fraction of sp³-hybridized carbons (Fsp3) is 0.345. The predicted octanol–water partition coefficient (Wildman–Crippen LogP) is 7.65. The fourth-order valence-corrected chi connectivity index (χ4v) is 4.97. The topological polar surface area (TPSA) is 69.7 Å². The molecule has 3 aromatic rings. The second kappa shape index (κ2) is 9.88. The summed E-state index contributed by atoms with van der Waals surface area (Å²) in [6, 6.07) is 20.6. The van der Waals surface area contributed by atoms with E-state index in [2.05, 4.69) is 55.2 Å². The normalized spacial score (nSPS) is 13.4. The van der Waals surface area contributed by atoms with Crippen molar-refractivity contribution in [1.29, 1.82) is 10.5 Å². The Kier molecular flexibility index (Phi) is 6.76. The summed E-state index contributed by atoms with van der Waals surface area (Å²) < 4.78 is 6.41. The Morgan fingerprint density at radius 1 is 0.818 bits per heavy atom. The number of nitrogens with zero attached hydrogens (tertiary/aromatic N) is 3. The van der Waals surface area contributed by atoms with Crippen LogP contribution in [0.25, 0.3) is 11.1 Å². The molecule has 0 spiro atoms. The molecule has 0 amide bonds. The van der Waals surface area contributed by atoms with Crippen LogP contribution in [0, 0.1) is 22.7 Å². The van der Waals surface area contributed by atoms with E-state index in [-0.39, 0.29) is 5.41 Å². The zero-order valence-electron chi connectivity index (χ0n) is 19.3. The van der Waals surface area contributed by atoms with E-state index in [4.69, 9.17) is 4.74 Å². The first kappa shape index (κ1) is 22.6.